The van der Waals surface area contributed by atoms with Crippen LogP contribution in [-0.4, -0.2) is 24.7 Å². The van der Waals surface area contributed by atoms with Gasteiger partial charge < -0.3 is 10.1 Å². The summed E-state index contributed by atoms with van der Waals surface area (Å²) in [6.07, 6.45) is 0. The first-order valence-corrected chi connectivity index (χ1v) is 5.40. The third kappa shape index (κ3) is 4.36. The second-order valence-corrected chi connectivity index (χ2v) is 3.73. The molecule has 0 bridgehead atoms. The van der Waals surface area contributed by atoms with Crippen molar-refractivity contribution in [1.82, 2.24) is 10.3 Å². The molecule has 0 amide bonds. The van der Waals surface area contributed by atoms with Gasteiger partial charge >= 0.3 is 0 Å². The van der Waals surface area contributed by atoms with Crippen LogP contribution in [0.1, 0.15) is 17.6 Å². The summed E-state index contributed by atoms with van der Waals surface area (Å²) in [5.41, 5.74) is 1.08. The Morgan fingerprint density at radius 2 is 2.46 bits per heavy atom. The molecular weight excluding hydrogens is 184 g/mol. The van der Waals surface area contributed by atoms with Gasteiger partial charge in [0.25, 0.3) is 0 Å². The number of ether oxygens (including phenoxy) is 1. The molecule has 13 heavy (non-hydrogen) atoms. The quantitative estimate of drug-likeness (QED) is 0.708. The third-order valence-corrected chi connectivity index (χ3v) is 2.51. The van der Waals surface area contributed by atoms with E-state index in [1.165, 1.54) is 0 Å². The number of rotatable bonds is 6. The van der Waals surface area contributed by atoms with Gasteiger partial charge in [-0.2, -0.15) is 0 Å². The summed E-state index contributed by atoms with van der Waals surface area (Å²) in [5, 5.41) is 6.31. The van der Waals surface area contributed by atoms with Crippen molar-refractivity contribution in [2.24, 2.45) is 0 Å². The Bertz CT molecular complexity index is 237. The first kappa shape index (κ1) is 10.6. The molecule has 74 valence electrons. The van der Waals surface area contributed by atoms with Gasteiger partial charge in [-0.1, -0.05) is 6.92 Å². The fourth-order valence-corrected chi connectivity index (χ4v) is 1.66. The van der Waals surface area contributed by atoms with Gasteiger partial charge in [0.2, 0.25) is 0 Å². The van der Waals surface area contributed by atoms with Gasteiger partial charge in [0.1, 0.15) is 5.01 Å². The van der Waals surface area contributed by atoms with E-state index in [4.69, 9.17) is 4.74 Å². The van der Waals surface area contributed by atoms with Crippen molar-refractivity contribution in [2.75, 3.05) is 19.7 Å². The zero-order valence-electron chi connectivity index (χ0n) is 8.17. The topological polar surface area (TPSA) is 34.1 Å². The van der Waals surface area contributed by atoms with Crippen LogP contribution in [0.5, 0.6) is 0 Å². The Morgan fingerprint density at radius 3 is 3.08 bits per heavy atom. The minimum absolute atomic E-state index is 0.643. The number of nitrogens with zero attached hydrogens (tertiary/aromatic N) is 1. The molecular formula is C9H16N2OS. The maximum Gasteiger partial charge on any atom is 0.119 e. The lowest BCUT2D eigenvalue weighted by molar-refractivity contribution is 0.123. The molecule has 0 spiro atoms. The van der Waals surface area contributed by atoms with Crippen molar-refractivity contribution in [2.45, 2.75) is 20.5 Å². The zero-order chi connectivity index (χ0) is 9.52. The van der Waals surface area contributed by atoms with Gasteiger partial charge in [-0.15, -0.1) is 11.3 Å². The van der Waals surface area contributed by atoms with Crippen LogP contribution in [0, 0.1) is 6.92 Å². The van der Waals surface area contributed by atoms with E-state index in [1.807, 2.05) is 12.3 Å². The summed E-state index contributed by atoms with van der Waals surface area (Å²) in [6.45, 7) is 7.40. The van der Waals surface area contributed by atoms with Gasteiger partial charge in [0.15, 0.2) is 0 Å². The van der Waals surface area contributed by atoms with E-state index in [-0.39, 0.29) is 0 Å². The third-order valence-electron chi connectivity index (χ3n) is 1.57. The summed E-state index contributed by atoms with van der Waals surface area (Å²) >= 11 is 1.66. The normalized spacial score (nSPS) is 10.6. The zero-order valence-corrected chi connectivity index (χ0v) is 8.99. The maximum atomic E-state index is 5.42. The van der Waals surface area contributed by atoms with Crippen LogP contribution < -0.4 is 5.32 Å². The monoisotopic (exact) mass is 200 g/mol. The van der Waals surface area contributed by atoms with Crippen LogP contribution in [0.4, 0.5) is 0 Å². The highest BCUT2D eigenvalue weighted by atomic mass is 32.1. The van der Waals surface area contributed by atoms with Crippen LogP contribution in [-0.2, 0) is 11.3 Å². The van der Waals surface area contributed by atoms with Crippen molar-refractivity contribution in [3.05, 3.63) is 16.1 Å². The molecule has 1 rings (SSSR count). The van der Waals surface area contributed by atoms with E-state index < -0.39 is 0 Å². The Morgan fingerprint density at radius 1 is 1.62 bits per heavy atom. The van der Waals surface area contributed by atoms with E-state index in [2.05, 4.69) is 17.2 Å². The predicted molar refractivity (Wildman–Crippen MR) is 55.1 cm³/mol. The highest BCUT2D eigenvalue weighted by Crippen LogP contribution is 2.09. The van der Waals surface area contributed by atoms with Crippen molar-refractivity contribution in [3.8, 4) is 0 Å². The SMILES string of the molecule is CCNCCOCc1nc(C)cs1. The number of nitrogens with one attached hydrogen (secondary N) is 1. The van der Waals surface area contributed by atoms with Crippen LogP contribution in [0.15, 0.2) is 5.38 Å². The van der Waals surface area contributed by atoms with Gasteiger partial charge in [0, 0.05) is 17.6 Å². The molecule has 1 aromatic heterocycles. The van der Waals surface area contributed by atoms with E-state index in [9.17, 15) is 0 Å². The number of aromatic nitrogens is 1. The lowest BCUT2D eigenvalue weighted by atomic mass is 10.6. The second-order valence-electron chi connectivity index (χ2n) is 2.79. The Kier molecular flexibility index (Phi) is 4.97. The van der Waals surface area contributed by atoms with E-state index in [0.717, 1.165) is 30.4 Å². The van der Waals surface area contributed by atoms with E-state index in [0.29, 0.717) is 6.61 Å². The fourth-order valence-electron chi connectivity index (χ4n) is 0.950. The van der Waals surface area contributed by atoms with Crippen LogP contribution in [0.3, 0.4) is 0 Å². The van der Waals surface area contributed by atoms with E-state index >= 15 is 0 Å². The Hall–Kier alpha value is -0.450. The average Bonchev–Trinajstić information content (AvgIpc) is 2.51. The van der Waals surface area contributed by atoms with Crippen molar-refractivity contribution >= 4 is 11.3 Å². The molecule has 0 radical (unpaired) electrons. The van der Waals surface area contributed by atoms with Crippen molar-refractivity contribution in [3.63, 3.8) is 0 Å². The smallest absolute Gasteiger partial charge is 0.119 e. The largest absolute Gasteiger partial charge is 0.373 e. The van der Waals surface area contributed by atoms with Crippen LogP contribution >= 0.6 is 11.3 Å². The molecule has 0 fully saturated rings. The second kappa shape index (κ2) is 6.07. The molecule has 0 aliphatic heterocycles. The molecule has 0 atom stereocenters. The summed E-state index contributed by atoms with van der Waals surface area (Å²) in [7, 11) is 0. The lowest BCUT2D eigenvalue weighted by Crippen LogP contribution is -2.18. The van der Waals surface area contributed by atoms with Gasteiger partial charge in [0.05, 0.1) is 13.2 Å². The number of thiazole rings is 1. The molecule has 4 heteroatoms. The molecule has 3 nitrogen and oxygen atoms in total. The van der Waals surface area contributed by atoms with Crippen LogP contribution in [0.25, 0.3) is 0 Å². The molecule has 0 saturated carbocycles. The molecule has 0 aromatic carbocycles. The van der Waals surface area contributed by atoms with Gasteiger partial charge in [-0.05, 0) is 13.5 Å². The minimum atomic E-state index is 0.643. The Balaban J connectivity index is 2.06. The first-order chi connectivity index (χ1) is 6.33. The predicted octanol–water partition coefficient (Wildman–Crippen LogP) is 1.58. The lowest BCUT2D eigenvalue weighted by Gasteiger charge is -2.01. The number of hydrogen-bond donors (Lipinski definition) is 1. The van der Waals surface area contributed by atoms with Crippen molar-refractivity contribution in [1.29, 1.82) is 0 Å². The summed E-state index contributed by atoms with van der Waals surface area (Å²) in [4.78, 5) is 4.30. The summed E-state index contributed by atoms with van der Waals surface area (Å²) < 4.78 is 5.42. The molecule has 0 aliphatic rings. The molecule has 0 saturated heterocycles. The minimum Gasteiger partial charge on any atom is -0.373 e. The Labute approximate surface area is 83.1 Å². The molecule has 1 N–H and O–H groups in total. The van der Waals surface area contributed by atoms with Gasteiger partial charge in [-0.25, -0.2) is 4.98 Å². The standard InChI is InChI=1S/C9H16N2OS/c1-3-10-4-5-12-6-9-11-8(2)7-13-9/h7,10H,3-6H2,1-2H3. The molecule has 1 aromatic rings. The molecule has 1 heterocycles. The first-order valence-electron chi connectivity index (χ1n) is 4.52. The average molecular weight is 200 g/mol. The number of likely N-dealkylation sites (N-methyl/N-ethyl adjacent to an activating group) is 1. The van der Waals surface area contributed by atoms with Gasteiger partial charge in [-0.3, -0.25) is 0 Å². The number of aryl methyl sites for hydroxylation is 1. The van der Waals surface area contributed by atoms with E-state index in [1.54, 1.807) is 11.3 Å². The highest BCUT2D eigenvalue weighted by Gasteiger charge is 1.97. The molecule has 0 unspecified atom stereocenters. The number of hydrogen-bond acceptors (Lipinski definition) is 4. The summed E-state index contributed by atoms with van der Waals surface area (Å²) in [6, 6.07) is 0. The van der Waals surface area contributed by atoms with Crippen LogP contribution in [0.2, 0.25) is 0 Å². The van der Waals surface area contributed by atoms with Crippen molar-refractivity contribution < 1.29 is 4.74 Å². The summed E-state index contributed by atoms with van der Waals surface area (Å²) in [5.74, 6) is 0. The maximum absolute atomic E-state index is 5.42. The highest BCUT2D eigenvalue weighted by molar-refractivity contribution is 7.09. The molecule has 0 aliphatic carbocycles. The fraction of sp³-hybridized carbons (Fsp3) is 0.667.